The van der Waals surface area contributed by atoms with Crippen LogP contribution in [0.5, 0.6) is 0 Å². The van der Waals surface area contributed by atoms with Crippen LogP contribution < -0.4 is 4.90 Å². The summed E-state index contributed by atoms with van der Waals surface area (Å²) in [4.78, 5) is 23.7. The van der Waals surface area contributed by atoms with Crippen LogP contribution >= 0.6 is 0 Å². The first-order chi connectivity index (χ1) is 16.6. The Morgan fingerprint density at radius 1 is 1.11 bits per heavy atom. The molecule has 8 nitrogen and oxygen atoms in total. The molecule has 3 aromatic rings. The van der Waals surface area contributed by atoms with Gasteiger partial charge in [-0.25, -0.2) is 13.4 Å². The number of hydrogen-bond donors (Lipinski definition) is 0. The van der Waals surface area contributed by atoms with Gasteiger partial charge in [-0.3, -0.25) is 19.4 Å². The second kappa shape index (κ2) is 8.68. The highest BCUT2D eigenvalue weighted by Crippen LogP contribution is 2.43. The van der Waals surface area contributed by atoms with Crippen LogP contribution in [-0.4, -0.2) is 45.5 Å². The third kappa shape index (κ3) is 4.73. The predicted molar refractivity (Wildman–Crippen MR) is 128 cm³/mol. The number of carbonyl (C=O) groups excluding carboxylic acids is 1. The molecule has 1 amide bonds. The summed E-state index contributed by atoms with van der Waals surface area (Å²) >= 11 is 0. The van der Waals surface area contributed by atoms with Gasteiger partial charge in [-0.05, 0) is 57.9 Å². The maximum Gasteiger partial charge on any atom is 0.408 e. The summed E-state index contributed by atoms with van der Waals surface area (Å²) in [6.07, 6.45) is 1.05. The number of nitrogens with zero attached hydrogens (tertiary/aromatic N) is 5. The van der Waals surface area contributed by atoms with E-state index >= 15 is 0 Å². The van der Waals surface area contributed by atoms with Gasteiger partial charge in [0.15, 0.2) is 9.84 Å². The van der Waals surface area contributed by atoms with Crippen molar-refractivity contribution in [3.05, 3.63) is 59.3 Å². The van der Waals surface area contributed by atoms with Gasteiger partial charge in [-0.2, -0.15) is 18.3 Å². The minimum atomic E-state index is -4.44. The zero-order valence-electron chi connectivity index (χ0n) is 20.5. The number of alkyl halides is 3. The standard InChI is InChI=1S/C24H26F3N5O3S/c1-14(2)36(34,35)12-16-7-17(9-28-8-16)19-6-15(3)20-21(30-19)23(4,5)32(22(20)33)18-10-29-31(11-18)13-24(25,26)27/h6-11,14H,12-13H2,1-5H3. The van der Waals surface area contributed by atoms with E-state index in [1.165, 1.54) is 23.5 Å². The molecule has 4 rings (SSSR count). The van der Waals surface area contributed by atoms with E-state index in [1.54, 1.807) is 52.9 Å². The van der Waals surface area contributed by atoms with Gasteiger partial charge in [0.05, 0.1) is 45.4 Å². The number of amides is 1. The summed E-state index contributed by atoms with van der Waals surface area (Å²) in [5, 5.41) is 3.24. The molecule has 3 aromatic heterocycles. The summed E-state index contributed by atoms with van der Waals surface area (Å²) in [6.45, 7) is 7.26. The Hall–Kier alpha value is -3.28. The van der Waals surface area contributed by atoms with Gasteiger partial charge in [-0.15, -0.1) is 0 Å². The van der Waals surface area contributed by atoms with E-state index in [4.69, 9.17) is 4.98 Å². The third-order valence-electron chi connectivity index (χ3n) is 6.17. The van der Waals surface area contributed by atoms with Crippen molar-refractivity contribution < 1.29 is 26.4 Å². The van der Waals surface area contributed by atoms with Crippen LogP contribution in [0.3, 0.4) is 0 Å². The molecule has 0 fully saturated rings. The lowest BCUT2D eigenvalue weighted by Gasteiger charge is -2.30. The average molecular weight is 522 g/mol. The average Bonchev–Trinajstić information content (AvgIpc) is 3.25. The van der Waals surface area contributed by atoms with Crippen molar-refractivity contribution in [3.63, 3.8) is 0 Å². The van der Waals surface area contributed by atoms with Gasteiger partial charge >= 0.3 is 6.18 Å². The molecule has 12 heteroatoms. The van der Waals surface area contributed by atoms with E-state index in [9.17, 15) is 26.4 Å². The molecule has 0 bridgehead atoms. The first-order valence-corrected chi connectivity index (χ1v) is 12.9. The molecule has 1 aliphatic rings. The van der Waals surface area contributed by atoms with E-state index in [0.717, 1.165) is 4.68 Å². The van der Waals surface area contributed by atoms with Crippen molar-refractivity contribution in [1.82, 2.24) is 19.7 Å². The molecule has 4 heterocycles. The van der Waals surface area contributed by atoms with Crippen molar-refractivity contribution in [3.8, 4) is 11.3 Å². The molecule has 0 atom stereocenters. The fraction of sp³-hybridized carbons (Fsp3) is 0.417. The normalized spacial score (nSPS) is 15.6. The van der Waals surface area contributed by atoms with Crippen LogP contribution in [0.4, 0.5) is 18.9 Å². The second-order valence-corrected chi connectivity index (χ2v) is 12.3. The largest absolute Gasteiger partial charge is 0.408 e. The number of hydrogen-bond acceptors (Lipinski definition) is 6. The van der Waals surface area contributed by atoms with Crippen LogP contribution in [0.1, 0.15) is 54.9 Å². The number of anilines is 1. The van der Waals surface area contributed by atoms with Crippen LogP contribution in [0, 0.1) is 6.92 Å². The SMILES string of the molecule is Cc1cc(-c2cncc(CS(=O)(=O)C(C)C)c2)nc2c1C(=O)N(c1cnn(CC(F)(F)F)c1)C2(C)C. The summed E-state index contributed by atoms with van der Waals surface area (Å²) in [7, 11) is -3.33. The van der Waals surface area contributed by atoms with E-state index in [-0.39, 0.29) is 17.3 Å². The monoisotopic (exact) mass is 521 g/mol. The first kappa shape index (κ1) is 25.8. The Morgan fingerprint density at radius 2 is 1.81 bits per heavy atom. The fourth-order valence-electron chi connectivity index (χ4n) is 4.29. The lowest BCUT2D eigenvalue weighted by Crippen LogP contribution is -2.39. The van der Waals surface area contributed by atoms with E-state index in [0.29, 0.717) is 33.6 Å². The quantitative estimate of drug-likeness (QED) is 0.476. The van der Waals surface area contributed by atoms with Crippen molar-refractivity contribution in [2.75, 3.05) is 4.90 Å². The molecule has 0 radical (unpaired) electrons. The Morgan fingerprint density at radius 3 is 2.44 bits per heavy atom. The third-order valence-corrected chi connectivity index (χ3v) is 8.34. The maximum absolute atomic E-state index is 13.4. The summed E-state index contributed by atoms with van der Waals surface area (Å²) in [6, 6.07) is 3.44. The molecule has 0 saturated heterocycles. The van der Waals surface area contributed by atoms with Crippen molar-refractivity contribution in [2.45, 2.75) is 63.9 Å². The fourth-order valence-corrected chi connectivity index (χ4v) is 5.24. The smallest absolute Gasteiger partial charge is 0.294 e. The number of pyridine rings is 2. The number of halogens is 3. The van der Waals surface area contributed by atoms with Gasteiger partial charge < -0.3 is 0 Å². The first-order valence-electron chi connectivity index (χ1n) is 11.2. The van der Waals surface area contributed by atoms with Gasteiger partial charge in [0.2, 0.25) is 0 Å². The molecule has 0 N–H and O–H groups in total. The number of carbonyl (C=O) groups is 1. The lowest BCUT2D eigenvalue weighted by atomic mass is 9.96. The van der Waals surface area contributed by atoms with Gasteiger partial charge in [0.25, 0.3) is 5.91 Å². The molecule has 192 valence electrons. The van der Waals surface area contributed by atoms with Crippen molar-refractivity contribution in [2.24, 2.45) is 0 Å². The summed E-state index contributed by atoms with van der Waals surface area (Å²) in [5.41, 5.74) is 2.36. The number of aromatic nitrogens is 4. The molecule has 0 aliphatic carbocycles. The van der Waals surface area contributed by atoms with Crippen molar-refractivity contribution in [1.29, 1.82) is 0 Å². The lowest BCUT2D eigenvalue weighted by molar-refractivity contribution is -0.142. The summed E-state index contributed by atoms with van der Waals surface area (Å²) in [5.74, 6) is -0.539. The van der Waals surface area contributed by atoms with Crippen LogP contribution in [-0.2, 0) is 27.7 Å². The highest BCUT2D eigenvalue weighted by Gasteiger charge is 2.47. The number of rotatable bonds is 6. The molecule has 0 saturated carbocycles. The van der Waals surface area contributed by atoms with Gasteiger partial charge in [0.1, 0.15) is 6.54 Å². The van der Waals surface area contributed by atoms with Crippen LogP contribution in [0.15, 0.2) is 36.9 Å². The highest BCUT2D eigenvalue weighted by molar-refractivity contribution is 7.91. The maximum atomic E-state index is 13.4. The predicted octanol–water partition coefficient (Wildman–Crippen LogP) is 4.43. The molecular weight excluding hydrogens is 495 g/mol. The molecular formula is C24H26F3N5O3S. The van der Waals surface area contributed by atoms with E-state index < -0.39 is 33.3 Å². The topological polar surface area (TPSA) is 98.1 Å². The molecule has 0 aromatic carbocycles. The number of aryl methyl sites for hydroxylation is 1. The number of sulfone groups is 1. The highest BCUT2D eigenvalue weighted by atomic mass is 32.2. The molecule has 0 unspecified atom stereocenters. The molecule has 36 heavy (non-hydrogen) atoms. The Balaban J connectivity index is 1.73. The molecule has 0 spiro atoms. The minimum Gasteiger partial charge on any atom is -0.294 e. The van der Waals surface area contributed by atoms with E-state index in [1.807, 2.05) is 0 Å². The van der Waals surface area contributed by atoms with Gasteiger partial charge in [0, 0.05) is 24.2 Å². The van der Waals surface area contributed by atoms with Gasteiger partial charge in [-0.1, -0.05) is 0 Å². The number of fused-ring (bicyclic) bond motifs is 1. The molecule has 1 aliphatic heterocycles. The second-order valence-electron chi connectivity index (χ2n) is 9.70. The zero-order chi connectivity index (χ0) is 26.6. The van der Waals surface area contributed by atoms with Crippen LogP contribution in [0.25, 0.3) is 11.3 Å². The zero-order valence-corrected chi connectivity index (χ0v) is 21.3. The van der Waals surface area contributed by atoms with Crippen LogP contribution in [0.2, 0.25) is 0 Å². The minimum absolute atomic E-state index is 0.158. The Labute approximate surface area is 207 Å². The Kier molecular flexibility index (Phi) is 6.22. The Bertz CT molecular complexity index is 1450. The van der Waals surface area contributed by atoms with E-state index in [2.05, 4.69) is 10.1 Å². The van der Waals surface area contributed by atoms with Crippen molar-refractivity contribution >= 4 is 21.4 Å². The summed E-state index contributed by atoms with van der Waals surface area (Å²) < 4.78 is 63.9.